The van der Waals surface area contributed by atoms with Crippen molar-refractivity contribution in [3.8, 4) is 0 Å². The van der Waals surface area contributed by atoms with Gasteiger partial charge in [-0.1, -0.05) is 13.3 Å². The highest BCUT2D eigenvalue weighted by Crippen LogP contribution is 2.07. The zero-order valence-electron chi connectivity index (χ0n) is 11.0. The van der Waals surface area contributed by atoms with E-state index in [0.717, 1.165) is 12.8 Å². The van der Waals surface area contributed by atoms with Gasteiger partial charge in [0, 0.05) is 19.1 Å². The number of amides is 1. The monoisotopic (exact) mass is 230 g/mol. The Bertz CT molecular complexity index is 194. The van der Waals surface area contributed by atoms with Crippen molar-refractivity contribution in [3.05, 3.63) is 0 Å². The van der Waals surface area contributed by atoms with E-state index < -0.39 is 0 Å². The SMILES string of the molecule is CCCC(COC)NC(=O)CCC(C)(C)N. The summed E-state index contributed by atoms with van der Waals surface area (Å²) in [5.41, 5.74) is 5.55. The summed E-state index contributed by atoms with van der Waals surface area (Å²) in [4.78, 5) is 11.6. The van der Waals surface area contributed by atoms with Crippen molar-refractivity contribution in [2.24, 2.45) is 5.73 Å². The first-order chi connectivity index (χ1) is 7.39. The van der Waals surface area contributed by atoms with Crippen molar-refractivity contribution in [2.75, 3.05) is 13.7 Å². The van der Waals surface area contributed by atoms with E-state index >= 15 is 0 Å². The second-order valence-corrected chi connectivity index (χ2v) is 5.00. The van der Waals surface area contributed by atoms with Crippen LogP contribution in [0.3, 0.4) is 0 Å². The summed E-state index contributed by atoms with van der Waals surface area (Å²) in [6, 6.07) is 0.128. The molecule has 0 spiro atoms. The van der Waals surface area contributed by atoms with Gasteiger partial charge in [-0.15, -0.1) is 0 Å². The summed E-state index contributed by atoms with van der Waals surface area (Å²) in [6.07, 6.45) is 3.17. The molecule has 1 amide bonds. The molecule has 16 heavy (non-hydrogen) atoms. The van der Waals surface area contributed by atoms with Crippen LogP contribution in [0, 0.1) is 0 Å². The minimum atomic E-state index is -0.279. The fourth-order valence-electron chi connectivity index (χ4n) is 1.48. The topological polar surface area (TPSA) is 64.3 Å². The van der Waals surface area contributed by atoms with Crippen molar-refractivity contribution < 1.29 is 9.53 Å². The van der Waals surface area contributed by atoms with Gasteiger partial charge in [0.1, 0.15) is 0 Å². The fourth-order valence-corrected chi connectivity index (χ4v) is 1.48. The molecule has 0 fully saturated rings. The van der Waals surface area contributed by atoms with Crippen LogP contribution < -0.4 is 11.1 Å². The van der Waals surface area contributed by atoms with Crippen molar-refractivity contribution in [2.45, 2.75) is 58.0 Å². The number of nitrogens with one attached hydrogen (secondary N) is 1. The van der Waals surface area contributed by atoms with Crippen molar-refractivity contribution in [3.63, 3.8) is 0 Å². The molecule has 0 heterocycles. The van der Waals surface area contributed by atoms with Gasteiger partial charge >= 0.3 is 0 Å². The molecule has 0 aromatic heterocycles. The molecule has 0 aliphatic heterocycles. The van der Waals surface area contributed by atoms with Gasteiger partial charge in [-0.3, -0.25) is 4.79 Å². The summed E-state index contributed by atoms with van der Waals surface area (Å²) in [7, 11) is 1.65. The lowest BCUT2D eigenvalue weighted by Gasteiger charge is -2.20. The molecule has 0 saturated carbocycles. The number of nitrogens with two attached hydrogens (primary N) is 1. The van der Waals surface area contributed by atoms with E-state index in [0.29, 0.717) is 19.4 Å². The average molecular weight is 230 g/mol. The molecule has 0 aliphatic carbocycles. The molecule has 0 rings (SSSR count). The summed E-state index contributed by atoms with van der Waals surface area (Å²) in [6.45, 7) is 6.53. The molecule has 1 unspecified atom stereocenters. The minimum absolute atomic E-state index is 0.0639. The molecule has 0 aliphatic rings. The highest BCUT2D eigenvalue weighted by atomic mass is 16.5. The largest absolute Gasteiger partial charge is 0.383 e. The molecule has 1 atom stereocenters. The second kappa shape index (κ2) is 7.63. The van der Waals surface area contributed by atoms with Crippen LogP contribution in [-0.4, -0.2) is 31.2 Å². The van der Waals surface area contributed by atoms with Gasteiger partial charge in [-0.25, -0.2) is 0 Å². The Morgan fingerprint density at radius 1 is 1.50 bits per heavy atom. The molecule has 0 aromatic rings. The lowest BCUT2D eigenvalue weighted by Crippen LogP contribution is -2.40. The quantitative estimate of drug-likeness (QED) is 0.663. The van der Waals surface area contributed by atoms with Crippen LogP contribution in [-0.2, 0) is 9.53 Å². The maximum Gasteiger partial charge on any atom is 0.220 e. The molecule has 0 bridgehead atoms. The Morgan fingerprint density at radius 2 is 2.12 bits per heavy atom. The smallest absolute Gasteiger partial charge is 0.220 e. The van der Waals surface area contributed by atoms with E-state index in [4.69, 9.17) is 10.5 Å². The third kappa shape index (κ3) is 8.68. The molecule has 0 saturated heterocycles. The van der Waals surface area contributed by atoms with Gasteiger partial charge in [-0.2, -0.15) is 0 Å². The molecule has 4 nitrogen and oxygen atoms in total. The molecular formula is C12H26N2O2. The third-order valence-electron chi connectivity index (χ3n) is 2.37. The normalized spacial score (nSPS) is 13.6. The Labute approximate surface area is 98.9 Å². The maximum atomic E-state index is 11.6. The Hall–Kier alpha value is -0.610. The predicted molar refractivity (Wildman–Crippen MR) is 66.2 cm³/mol. The van der Waals surface area contributed by atoms with E-state index in [1.54, 1.807) is 7.11 Å². The standard InChI is InChI=1S/C12H26N2O2/c1-5-6-10(9-16-4)14-11(15)7-8-12(2,3)13/h10H,5-9,13H2,1-4H3,(H,14,15). The molecule has 3 N–H and O–H groups in total. The van der Waals surface area contributed by atoms with Gasteiger partial charge in [-0.05, 0) is 26.7 Å². The summed E-state index contributed by atoms with van der Waals surface area (Å²) in [5.74, 6) is 0.0639. The number of ether oxygens (including phenoxy) is 1. The summed E-state index contributed by atoms with van der Waals surface area (Å²) < 4.78 is 5.06. The van der Waals surface area contributed by atoms with Crippen LogP contribution in [0.25, 0.3) is 0 Å². The average Bonchev–Trinajstić information content (AvgIpc) is 2.14. The van der Waals surface area contributed by atoms with Crippen LogP contribution in [0.2, 0.25) is 0 Å². The van der Waals surface area contributed by atoms with E-state index in [-0.39, 0.29) is 17.5 Å². The zero-order chi connectivity index (χ0) is 12.6. The van der Waals surface area contributed by atoms with Gasteiger partial charge in [0.05, 0.1) is 12.6 Å². The zero-order valence-corrected chi connectivity index (χ0v) is 11.0. The number of hydrogen-bond acceptors (Lipinski definition) is 3. The second-order valence-electron chi connectivity index (χ2n) is 5.00. The van der Waals surface area contributed by atoms with Crippen LogP contribution in [0.5, 0.6) is 0 Å². The highest BCUT2D eigenvalue weighted by Gasteiger charge is 2.15. The number of carbonyl (C=O) groups is 1. The molecule has 0 aromatic carbocycles. The maximum absolute atomic E-state index is 11.6. The Morgan fingerprint density at radius 3 is 2.56 bits per heavy atom. The first kappa shape index (κ1) is 15.4. The highest BCUT2D eigenvalue weighted by molar-refractivity contribution is 5.76. The van der Waals surface area contributed by atoms with Crippen LogP contribution in [0.4, 0.5) is 0 Å². The molecule has 96 valence electrons. The third-order valence-corrected chi connectivity index (χ3v) is 2.37. The fraction of sp³-hybridized carbons (Fsp3) is 0.917. The van der Waals surface area contributed by atoms with E-state index in [2.05, 4.69) is 12.2 Å². The summed E-state index contributed by atoms with van der Waals surface area (Å²) >= 11 is 0. The molecule has 4 heteroatoms. The summed E-state index contributed by atoms with van der Waals surface area (Å²) in [5, 5.41) is 2.97. The Kier molecular flexibility index (Phi) is 7.34. The van der Waals surface area contributed by atoms with Gasteiger partial charge in [0.15, 0.2) is 0 Å². The van der Waals surface area contributed by atoms with Gasteiger partial charge in [0.25, 0.3) is 0 Å². The number of hydrogen-bond donors (Lipinski definition) is 2. The van der Waals surface area contributed by atoms with Crippen molar-refractivity contribution >= 4 is 5.91 Å². The Balaban J connectivity index is 3.90. The number of rotatable bonds is 8. The molecular weight excluding hydrogens is 204 g/mol. The van der Waals surface area contributed by atoms with Crippen molar-refractivity contribution in [1.82, 2.24) is 5.32 Å². The lowest BCUT2D eigenvalue weighted by atomic mass is 10.00. The van der Waals surface area contributed by atoms with E-state index in [1.807, 2.05) is 13.8 Å². The van der Waals surface area contributed by atoms with Crippen LogP contribution in [0.1, 0.15) is 46.5 Å². The predicted octanol–water partition coefficient (Wildman–Crippen LogP) is 1.44. The lowest BCUT2D eigenvalue weighted by molar-refractivity contribution is -0.122. The number of methoxy groups -OCH3 is 1. The number of carbonyl (C=O) groups excluding carboxylic acids is 1. The minimum Gasteiger partial charge on any atom is -0.383 e. The van der Waals surface area contributed by atoms with Gasteiger partial charge < -0.3 is 15.8 Å². The van der Waals surface area contributed by atoms with E-state index in [1.165, 1.54) is 0 Å². The first-order valence-electron chi connectivity index (χ1n) is 5.96. The van der Waals surface area contributed by atoms with Gasteiger partial charge in [0.2, 0.25) is 5.91 Å². The van der Waals surface area contributed by atoms with E-state index in [9.17, 15) is 4.79 Å². The van der Waals surface area contributed by atoms with Crippen LogP contribution in [0.15, 0.2) is 0 Å². The first-order valence-corrected chi connectivity index (χ1v) is 5.96. The van der Waals surface area contributed by atoms with Crippen LogP contribution >= 0.6 is 0 Å². The molecule has 0 radical (unpaired) electrons. The van der Waals surface area contributed by atoms with Crippen molar-refractivity contribution in [1.29, 1.82) is 0 Å².